The largest absolute Gasteiger partial charge is 0.481 e. The van der Waals surface area contributed by atoms with Crippen molar-refractivity contribution in [3.8, 4) is 0 Å². The van der Waals surface area contributed by atoms with Crippen LogP contribution >= 0.6 is 0 Å². The van der Waals surface area contributed by atoms with Gasteiger partial charge >= 0.3 is 11.9 Å². The minimum atomic E-state index is -1.40. The van der Waals surface area contributed by atoms with E-state index in [1.807, 2.05) is 0 Å². The van der Waals surface area contributed by atoms with Crippen LogP contribution in [0.15, 0.2) is 0 Å². The average molecular weight is 505 g/mol. The molecule has 4 N–H and O–H groups in total. The topological polar surface area (TPSA) is 124 Å². The van der Waals surface area contributed by atoms with Gasteiger partial charge in [0, 0.05) is 11.8 Å². The first-order valence-electron chi connectivity index (χ1n) is 14.1. The third-order valence-corrected chi connectivity index (χ3v) is 13.2. The van der Waals surface area contributed by atoms with Gasteiger partial charge in [0.25, 0.3) is 0 Å². The number of carboxylic acids is 1. The Morgan fingerprint density at radius 2 is 1.44 bits per heavy atom. The molecule has 2 bridgehead atoms. The fourth-order valence-electron chi connectivity index (χ4n) is 11.8. The van der Waals surface area contributed by atoms with Crippen molar-refractivity contribution < 1.29 is 34.8 Å². The number of fused-ring (bicyclic) bond motifs is 4. The Labute approximate surface area is 214 Å². The summed E-state index contributed by atoms with van der Waals surface area (Å²) in [6.07, 6.45) is 3.32. The second kappa shape index (κ2) is 7.06. The quantitative estimate of drug-likeness (QED) is 0.403. The van der Waals surface area contributed by atoms with E-state index in [2.05, 4.69) is 27.7 Å². The molecule has 0 amide bonds. The van der Waals surface area contributed by atoms with Gasteiger partial charge in [0.1, 0.15) is 11.0 Å². The molecule has 12 atom stereocenters. The molecule has 1 heterocycles. The molecule has 7 heteroatoms. The lowest BCUT2D eigenvalue weighted by molar-refractivity contribution is -0.266. The molecule has 5 aliphatic carbocycles. The third-order valence-electron chi connectivity index (χ3n) is 13.2. The molecule has 1 saturated heterocycles. The molecule has 6 aliphatic rings. The predicted molar refractivity (Wildman–Crippen MR) is 131 cm³/mol. The molecule has 0 aromatic heterocycles. The first kappa shape index (κ1) is 25.1. The molecule has 12 unspecified atom stereocenters. The second-order valence-corrected chi connectivity index (χ2v) is 15.1. The first-order chi connectivity index (χ1) is 16.6. The number of rotatable bonds is 1. The Bertz CT molecular complexity index is 1010. The lowest BCUT2D eigenvalue weighted by Crippen LogP contribution is -2.71. The van der Waals surface area contributed by atoms with E-state index in [0.29, 0.717) is 25.7 Å². The van der Waals surface area contributed by atoms with Crippen LogP contribution < -0.4 is 0 Å². The van der Waals surface area contributed by atoms with Crippen molar-refractivity contribution in [1.29, 1.82) is 0 Å². The molecule has 1 spiro atoms. The van der Waals surface area contributed by atoms with Gasteiger partial charge < -0.3 is 25.2 Å². The van der Waals surface area contributed by atoms with E-state index >= 15 is 0 Å². The molecular weight excluding hydrogens is 460 g/mol. The van der Waals surface area contributed by atoms with Crippen LogP contribution in [0.1, 0.15) is 92.4 Å². The number of aliphatic hydroxyl groups is 3. The number of aliphatic hydroxyl groups excluding tert-OH is 3. The van der Waals surface area contributed by atoms with E-state index in [4.69, 9.17) is 4.74 Å². The van der Waals surface area contributed by atoms with E-state index in [-0.39, 0.29) is 40.5 Å². The Hall–Kier alpha value is -1.18. The Kier molecular flexibility index (Phi) is 4.93. The van der Waals surface area contributed by atoms with Crippen LogP contribution in [-0.2, 0) is 14.3 Å². The van der Waals surface area contributed by atoms with Gasteiger partial charge in [0.2, 0.25) is 0 Å². The highest BCUT2D eigenvalue weighted by Gasteiger charge is 2.79. The van der Waals surface area contributed by atoms with Crippen LogP contribution in [-0.4, -0.2) is 56.3 Å². The lowest BCUT2D eigenvalue weighted by Gasteiger charge is -2.70. The smallest absolute Gasteiger partial charge is 0.315 e. The van der Waals surface area contributed by atoms with Crippen LogP contribution in [0.2, 0.25) is 0 Å². The van der Waals surface area contributed by atoms with E-state index < -0.39 is 46.1 Å². The maximum absolute atomic E-state index is 13.6. The normalized spacial score (nSPS) is 59.1. The van der Waals surface area contributed by atoms with Gasteiger partial charge in [-0.15, -0.1) is 0 Å². The summed E-state index contributed by atoms with van der Waals surface area (Å²) in [4.78, 5) is 26.1. The van der Waals surface area contributed by atoms with Gasteiger partial charge in [0.15, 0.2) is 0 Å². The van der Waals surface area contributed by atoms with Gasteiger partial charge in [-0.1, -0.05) is 27.7 Å². The maximum Gasteiger partial charge on any atom is 0.315 e. The first-order valence-corrected chi connectivity index (χ1v) is 14.1. The minimum Gasteiger partial charge on any atom is -0.481 e. The van der Waals surface area contributed by atoms with Crippen LogP contribution in [0.25, 0.3) is 0 Å². The Balaban J connectivity index is 1.43. The summed E-state index contributed by atoms with van der Waals surface area (Å²) in [7, 11) is 0. The predicted octanol–water partition coefficient (Wildman–Crippen LogP) is 3.52. The summed E-state index contributed by atoms with van der Waals surface area (Å²) >= 11 is 0. The fourth-order valence-corrected chi connectivity index (χ4v) is 11.8. The van der Waals surface area contributed by atoms with Gasteiger partial charge in [-0.2, -0.15) is 0 Å². The number of aliphatic carboxylic acids is 1. The summed E-state index contributed by atoms with van der Waals surface area (Å²) in [5, 5.41) is 43.4. The van der Waals surface area contributed by atoms with Crippen LogP contribution in [0.4, 0.5) is 0 Å². The van der Waals surface area contributed by atoms with Gasteiger partial charge in [-0.25, -0.2) is 0 Å². The molecule has 0 aromatic rings. The molecule has 1 aliphatic heterocycles. The molecule has 6 fully saturated rings. The Morgan fingerprint density at radius 3 is 2.11 bits per heavy atom. The van der Waals surface area contributed by atoms with Crippen LogP contribution in [0.5, 0.6) is 0 Å². The Morgan fingerprint density at radius 1 is 0.806 bits per heavy atom. The van der Waals surface area contributed by atoms with Crippen molar-refractivity contribution in [3.05, 3.63) is 0 Å². The average Bonchev–Trinajstić information content (AvgIpc) is 2.90. The van der Waals surface area contributed by atoms with E-state index in [0.717, 1.165) is 32.1 Å². The molecule has 0 radical (unpaired) electrons. The van der Waals surface area contributed by atoms with Crippen molar-refractivity contribution in [1.82, 2.24) is 0 Å². The molecular formula is C29H44O7. The van der Waals surface area contributed by atoms with E-state index in [1.54, 1.807) is 6.92 Å². The van der Waals surface area contributed by atoms with Crippen molar-refractivity contribution >= 4 is 11.9 Å². The minimum absolute atomic E-state index is 0.00126. The third kappa shape index (κ3) is 2.61. The summed E-state index contributed by atoms with van der Waals surface area (Å²) in [5.41, 5.74) is -3.45. The molecule has 0 aromatic carbocycles. The fraction of sp³-hybridized carbons (Fsp3) is 0.931. The highest BCUT2D eigenvalue weighted by Crippen LogP contribution is 2.76. The van der Waals surface area contributed by atoms with Crippen molar-refractivity contribution in [2.75, 3.05) is 0 Å². The van der Waals surface area contributed by atoms with Gasteiger partial charge in [-0.05, 0) is 92.8 Å². The summed E-state index contributed by atoms with van der Waals surface area (Å²) in [6.45, 7) is 10.5. The zero-order valence-electron chi connectivity index (χ0n) is 22.4. The van der Waals surface area contributed by atoms with Crippen molar-refractivity contribution in [3.63, 3.8) is 0 Å². The number of esters is 1. The highest BCUT2D eigenvalue weighted by atomic mass is 16.6. The molecule has 7 nitrogen and oxygen atoms in total. The summed E-state index contributed by atoms with van der Waals surface area (Å²) < 4.78 is 6.50. The standard InChI is InChI=1S/C29H44O7/c1-24(2)13-19-28(20(31)14-24)10-7-18-25(3)9-6-17-26(4,12-15(30)21(32)27(17,5)22(33)34)16(25)8-11-29(18,19)36-23(28)35/h15-21,30-32H,6-14H2,1-5H3,(H,33,34). The van der Waals surface area contributed by atoms with E-state index in [1.165, 1.54) is 0 Å². The number of hydrogen-bond acceptors (Lipinski definition) is 6. The maximum atomic E-state index is 13.6. The zero-order chi connectivity index (χ0) is 26.3. The SMILES string of the molecule is CC1(C)CC(O)C23CCC4C5(C)CCC6C(C)(CC(O)C(O)C6(C)C(=O)O)C5CCC4(OC2=O)C3C1. The van der Waals surface area contributed by atoms with Crippen molar-refractivity contribution in [2.24, 2.45) is 50.7 Å². The number of carbonyl (C=O) groups excluding carboxylic acids is 1. The molecule has 202 valence electrons. The zero-order valence-corrected chi connectivity index (χ0v) is 22.4. The lowest BCUT2D eigenvalue weighted by atomic mass is 9.34. The monoisotopic (exact) mass is 504 g/mol. The number of carbonyl (C=O) groups is 2. The number of hydrogen-bond donors (Lipinski definition) is 4. The molecule has 36 heavy (non-hydrogen) atoms. The number of carboxylic acid groups (broad SMARTS) is 1. The van der Waals surface area contributed by atoms with Crippen LogP contribution in [0.3, 0.4) is 0 Å². The number of ether oxygens (including phenoxy) is 1. The van der Waals surface area contributed by atoms with Crippen molar-refractivity contribution in [2.45, 2.75) is 116 Å². The highest BCUT2D eigenvalue weighted by molar-refractivity contribution is 5.82. The molecule has 6 rings (SSSR count). The second-order valence-electron chi connectivity index (χ2n) is 15.1. The molecule has 5 saturated carbocycles. The summed E-state index contributed by atoms with van der Waals surface area (Å²) in [5.74, 6) is -1.17. The van der Waals surface area contributed by atoms with Gasteiger partial charge in [-0.3, -0.25) is 9.59 Å². The van der Waals surface area contributed by atoms with E-state index in [9.17, 15) is 30.0 Å². The van der Waals surface area contributed by atoms with Gasteiger partial charge in [0.05, 0.1) is 23.7 Å². The van der Waals surface area contributed by atoms with Crippen LogP contribution in [0, 0.1) is 50.7 Å². The summed E-state index contributed by atoms with van der Waals surface area (Å²) in [6, 6.07) is 0.